The normalized spacial score (nSPS) is 9.20. The van der Waals surface area contributed by atoms with E-state index in [0.29, 0.717) is 0 Å². The summed E-state index contributed by atoms with van der Waals surface area (Å²) in [6.45, 7) is 3.37. The monoisotopic (exact) mass is 71.0 g/mol. The van der Waals surface area contributed by atoms with Crippen molar-refractivity contribution >= 4 is 0 Å². The van der Waals surface area contributed by atoms with Gasteiger partial charge in [-0.25, -0.2) is 0 Å². The second kappa shape index (κ2) is 3.54. The first kappa shape index (κ1) is 4.54. The maximum Gasteiger partial charge on any atom is 0.0784 e. The maximum atomic E-state index is 4.45. The molecule has 0 saturated heterocycles. The van der Waals surface area contributed by atoms with Crippen LogP contribution in [-0.4, -0.2) is 7.11 Å². The van der Waals surface area contributed by atoms with Gasteiger partial charge >= 0.3 is 0 Å². The van der Waals surface area contributed by atoms with Gasteiger partial charge in [-0.15, -0.1) is 0 Å². The van der Waals surface area contributed by atoms with Crippen LogP contribution in [-0.2, 0) is 4.74 Å². The third-order valence-electron chi connectivity index (χ3n) is 0.232. The largest absolute Gasteiger partial charge is 0.505 e. The minimum atomic E-state index is 1.51. The molecule has 0 spiro atoms. The average molecular weight is 71.1 g/mol. The molecule has 0 unspecified atom stereocenters. The van der Waals surface area contributed by atoms with Crippen molar-refractivity contribution < 1.29 is 4.74 Å². The highest BCUT2D eigenvalue weighted by molar-refractivity contribution is 4.74. The highest BCUT2D eigenvalue weighted by Crippen LogP contribution is 1.63. The highest BCUT2D eigenvalue weighted by Gasteiger charge is 1.47. The van der Waals surface area contributed by atoms with Crippen molar-refractivity contribution in [2.75, 3.05) is 7.11 Å². The fraction of sp³-hybridized carbons (Fsp3) is 0.250. The van der Waals surface area contributed by atoms with Crippen LogP contribution in [0.25, 0.3) is 0 Å². The number of ether oxygens (including phenoxy) is 1. The molecule has 1 heteroatoms. The quantitative estimate of drug-likeness (QED) is 0.419. The van der Waals surface area contributed by atoms with E-state index in [9.17, 15) is 0 Å². The van der Waals surface area contributed by atoms with Crippen molar-refractivity contribution in [3.05, 3.63) is 19.3 Å². The molecule has 0 saturated carbocycles. The third kappa shape index (κ3) is 3.54. The van der Waals surface area contributed by atoms with Gasteiger partial charge in [-0.3, -0.25) is 0 Å². The lowest BCUT2D eigenvalue weighted by atomic mass is 10.7. The molecule has 0 amide bonds. The number of allylic oxidation sites excluding steroid dienone is 1. The van der Waals surface area contributed by atoms with Crippen molar-refractivity contribution in [2.45, 2.75) is 0 Å². The lowest BCUT2D eigenvalue weighted by Gasteiger charge is -1.76. The molecule has 1 nitrogen and oxygen atoms in total. The molecule has 0 rings (SSSR count). The lowest BCUT2D eigenvalue weighted by molar-refractivity contribution is 0.338. The number of methoxy groups -OCH3 is 1. The Balaban J connectivity index is 2.62. The number of hydrogen-bond acceptors (Lipinski definition) is 1. The minimum absolute atomic E-state index is 1.51. The van der Waals surface area contributed by atoms with Gasteiger partial charge in [-0.1, -0.05) is 0 Å². The molecule has 29 valence electrons. The van der Waals surface area contributed by atoms with Gasteiger partial charge in [0.25, 0.3) is 0 Å². The minimum Gasteiger partial charge on any atom is -0.505 e. The summed E-state index contributed by atoms with van der Waals surface area (Å²) in [5, 5.41) is 0. The first-order chi connectivity index (χ1) is 2.41. The Hall–Kier alpha value is -0.460. The Morgan fingerprint density at radius 2 is 2.40 bits per heavy atom. The molecule has 0 bridgehead atoms. The van der Waals surface area contributed by atoms with Crippen LogP contribution in [0.2, 0.25) is 0 Å². The van der Waals surface area contributed by atoms with E-state index in [4.69, 9.17) is 0 Å². The van der Waals surface area contributed by atoms with Crippen LogP contribution in [0.1, 0.15) is 0 Å². The fourth-order valence-corrected chi connectivity index (χ4v) is 0.0962. The van der Waals surface area contributed by atoms with Gasteiger partial charge in [0.1, 0.15) is 0 Å². The van der Waals surface area contributed by atoms with Crippen molar-refractivity contribution in [1.82, 2.24) is 0 Å². The smallest absolute Gasteiger partial charge is 0.0784 e. The molecule has 0 atom stereocenters. The second-order valence-electron chi connectivity index (χ2n) is 0.607. The summed E-state index contributed by atoms with van der Waals surface area (Å²) in [6, 6.07) is 0. The maximum absolute atomic E-state index is 4.45. The summed E-state index contributed by atoms with van der Waals surface area (Å²) >= 11 is 0. The average Bonchev–Trinajstić information content (AvgIpc) is 1.41. The predicted molar refractivity (Wildman–Crippen MR) is 21.5 cm³/mol. The van der Waals surface area contributed by atoms with Gasteiger partial charge in [0, 0.05) is 0 Å². The molecule has 0 aliphatic rings. The zero-order chi connectivity index (χ0) is 4.12. The van der Waals surface area contributed by atoms with Gasteiger partial charge in [0.15, 0.2) is 0 Å². The summed E-state index contributed by atoms with van der Waals surface area (Å²) in [4.78, 5) is 0. The van der Waals surface area contributed by atoms with E-state index in [2.05, 4.69) is 11.7 Å². The molecule has 0 aromatic rings. The number of hydrogen-bond donors (Lipinski definition) is 0. The van der Waals surface area contributed by atoms with Crippen LogP contribution in [0.15, 0.2) is 12.3 Å². The molecular weight excluding hydrogens is 64.0 g/mol. The summed E-state index contributed by atoms with van der Waals surface area (Å²) in [6.07, 6.45) is 3.10. The van der Waals surface area contributed by atoms with E-state index in [1.807, 2.05) is 0 Å². The molecule has 0 aromatic heterocycles. The Morgan fingerprint density at radius 3 is 2.40 bits per heavy atom. The second-order valence-corrected chi connectivity index (χ2v) is 0.607. The van der Waals surface area contributed by atoms with Crippen LogP contribution >= 0.6 is 0 Å². The zero-order valence-corrected chi connectivity index (χ0v) is 3.27. The van der Waals surface area contributed by atoms with Crippen LogP contribution in [0, 0.1) is 6.92 Å². The molecular formula is C4H7O. The Kier molecular flexibility index (Phi) is 3.21. The molecule has 5 heavy (non-hydrogen) atoms. The van der Waals surface area contributed by atoms with Gasteiger partial charge < -0.3 is 4.74 Å². The van der Waals surface area contributed by atoms with Gasteiger partial charge in [-0.2, -0.15) is 0 Å². The molecule has 0 fully saturated rings. The summed E-state index contributed by atoms with van der Waals surface area (Å²) in [5.41, 5.74) is 0. The molecule has 0 N–H and O–H groups in total. The Morgan fingerprint density at radius 1 is 1.80 bits per heavy atom. The third-order valence-corrected chi connectivity index (χ3v) is 0.232. The van der Waals surface area contributed by atoms with Crippen LogP contribution in [0.5, 0.6) is 0 Å². The van der Waals surface area contributed by atoms with E-state index in [1.54, 1.807) is 13.2 Å². The molecule has 0 aliphatic heterocycles. The van der Waals surface area contributed by atoms with Crippen molar-refractivity contribution in [1.29, 1.82) is 0 Å². The van der Waals surface area contributed by atoms with E-state index < -0.39 is 0 Å². The van der Waals surface area contributed by atoms with E-state index >= 15 is 0 Å². The lowest BCUT2D eigenvalue weighted by Crippen LogP contribution is -1.57. The Bertz CT molecular complexity index is 30.6. The van der Waals surface area contributed by atoms with Gasteiger partial charge in [0.2, 0.25) is 0 Å². The predicted octanol–water partition coefficient (Wildman–Crippen LogP) is 0.981. The van der Waals surface area contributed by atoms with E-state index in [1.165, 1.54) is 6.26 Å². The van der Waals surface area contributed by atoms with Gasteiger partial charge in [0.05, 0.1) is 13.4 Å². The van der Waals surface area contributed by atoms with Crippen molar-refractivity contribution in [2.24, 2.45) is 0 Å². The molecule has 1 radical (unpaired) electrons. The van der Waals surface area contributed by atoms with Crippen LogP contribution in [0.3, 0.4) is 0 Å². The van der Waals surface area contributed by atoms with Crippen LogP contribution < -0.4 is 0 Å². The molecule has 0 aromatic carbocycles. The van der Waals surface area contributed by atoms with E-state index in [0.717, 1.165) is 0 Å². The highest BCUT2D eigenvalue weighted by atomic mass is 16.5. The SMILES string of the molecule is [CH2]C=COC. The first-order valence-electron chi connectivity index (χ1n) is 1.39. The first-order valence-corrected chi connectivity index (χ1v) is 1.39. The molecule has 0 aliphatic carbocycles. The van der Waals surface area contributed by atoms with Crippen molar-refractivity contribution in [3.8, 4) is 0 Å². The molecule has 0 heterocycles. The topological polar surface area (TPSA) is 9.23 Å². The number of rotatable bonds is 1. The standard InChI is InChI=1S/C4H7O/c1-3-4-5-2/h3-4H,1H2,2H3. The summed E-state index contributed by atoms with van der Waals surface area (Å²) in [5.74, 6) is 0. The fourth-order valence-electron chi connectivity index (χ4n) is 0.0962. The summed E-state index contributed by atoms with van der Waals surface area (Å²) < 4.78 is 4.45. The van der Waals surface area contributed by atoms with Crippen molar-refractivity contribution in [3.63, 3.8) is 0 Å². The van der Waals surface area contributed by atoms with Gasteiger partial charge in [-0.05, 0) is 13.0 Å². The van der Waals surface area contributed by atoms with Crippen LogP contribution in [0.4, 0.5) is 0 Å². The van der Waals surface area contributed by atoms with E-state index in [-0.39, 0.29) is 0 Å². The Labute approximate surface area is 32.3 Å². The zero-order valence-electron chi connectivity index (χ0n) is 3.27. The summed E-state index contributed by atoms with van der Waals surface area (Å²) in [7, 11) is 1.58.